The van der Waals surface area contributed by atoms with Gasteiger partial charge < -0.3 is 10.0 Å². The second-order valence-electron chi connectivity index (χ2n) is 4.29. The molecule has 4 nitrogen and oxygen atoms in total. The second-order valence-corrected chi connectivity index (χ2v) is 5.10. The average Bonchev–Trinajstić information content (AvgIpc) is 2.39. The quantitative estimate of drug-likeness (QED) is 0.846. The number of nitrogens with zero attached hydrogens (tertiary/aromatic N) is 2. The van der Waals surface area contributed by atoms with Gasteiger partial charge in [0.2, 0.25) is 0 Å². The van der Waals surface area contributed by atoms with Crippen molar-refractivity contribution in [1.29, 1.82) is 0 Å². The van der Waals surface area contributed by atoms with E-state index in [1.807, 2.05) is 4.90 Å². The summed E-state index contributed by atoms with van der Waals surface area (Å²) in [5.41, 5.74) is 0.621. The molecule has 0 unspecified atom stereocenters. The number of likely N-dealkylation sites (tertiary alicyclic amines) is 1. The molecule has 92 valence electrons. The highest BCUT2D eigenvalue weighted by Gasteiger charge is 2.23. The lowest BCUT2D eigenvalue weighted by Crippen LogP contribution is -2.39. The number of aromatic nitrogens is 1. The molecule has 5 heteroatoms. The van der Waals surface area contributed by atoms with Crippen molar-refractivity contribution in [2.75, 3.05) is 19.7 Å². The summed E-state index contributed by atoms with van der Waals surface area (Å²) in [7, 11) is 0. The summed E-state index contributed by atoms with van der Waals surface area (Å²) in [6.45, 7) is 1.67. The minimum absolute atomic E-state index is 0.0291. The molecule has 1 amide bonds. The highest BCUT2D eigenvalue weighted by molar-refractivity contribution is 9.10. The maximum atomic E-state index is 12.1. The Bertz CT molecular complexity index is 386. The van der Waals surface area contributed by atoms with E-state index in [1.54, 1.807) is 18.3 Å². The SMILES string of the molecule is O=C(c1ccc(Br)nc1)N1CCC(CO)CC1. The lowest BCUT2D eigenvalue weighted by Gasteiger charge is -2.31. The van der Waals surface area contributed by atoms with E-state index in [0.717, 1.165) is 30.5 Å². The number of carbonyl (C=O) groups is 1. The standard InChI is InChI=1S/C12H15BrN2O2/c13-11-2-1-10(7-14-11)12(17)15-5-3-9(8-16)4-6-15/h1-2,7,9,16H,3-6,8H2. The van der Waals surface area contributed by atoms with Crippen LogP contribution in [0, 0.1) is 5.92 Å². The molecular formula is C12H15BrN2O2. The number of halogens is 1. The number of carbonyl (C=O) groups excluding carboxylic acids is 1. The first-order valence-electron chi connectivity index (χ1n) is 5.72. The maximum absolute atomic E-state index is 12.1. The molecule has 1 N–H and O–H groups in total. The van der Waals surface area contributed by atoms with E-state index in [-0.39, 0.29) is 12.5 Å². The topological polar surface area (TPSA) is 53.4 Å². The number of pyridine rings is 1. The van der Waals surface area contributed by atoms with Gasteiger partial charge in [-0.1, -0.05) is 0 Å². The van der Waals surface area contributed by atoms with Crippen LogP contribution >= 0.6 is 15.9 Å². The highest BCUT2D eigenvalue weighted by Crippen LogP contribution is 2.18. The van der Waals surface area contributed by atoms with Crippen molar-refractivity contribution in [2.24, 2.45) is 5.92 Å². The van der Waals surface area contributed by atoms with E-state index >= 15 is 0 Å². The molecule has 0 radical (unpaired) electrons. The monoisotopic (exact) mass is 298 g/mol. The molecule has 17 heavy (non-hydrogen) atoms. The number of aliphatic hydroxyl groups excluding tert-OH is 1. The Hall–Kier alpha value is -0.940. The minimum Gasteiger partial charge on any atom is -0.396 e. The van der Waals surface area contributed by atoms with Crippen LogP contribution in [0.2, 0.25) is 0 Å². The molecule has 1 aromatic rings. The van der Waals surface area contributed by atoms with Crippen molar-refractivity contribution in [3.8, 4) is 0 Å². The van der Waals surface area contributed by atoms with E-state index in [4.69, 9.17) is 5.11 Å². The smallest absolute Gasteiger partial charge is 0.255 e. The summed E-state index contributed by atoms with van der Waals surface area (Å²) in [4.78, 5) is 18.0. The molecular weight excluding hydrogens is 284 g/mol. The predicted octanol–water partition coefficient (Wildman–Crippen LogP) is 1.69. The summed E-state index contributed by atoms with van der Waals surface area (Å²) in [6, 6.07) is 3.55. The molecule has 1 aromatic heterocycles. The van der Waals surface area contributed by atoms with Gasteiger partial charge in [-0.2, -0.15) is 0 Å². The Morgan fingerprint density at radius 2 is 2.18 bits per heavy atom. The second kappa shape index (κ2) is 5.60. The van der Waals surface area contributed by atoms with Crippen molar-refractivity contribution in [1.82, 2.24) is 9.88 Å². The fraction of sp³-hybridized carbons (Fsp3) is 0.500. The van der Waals surface area contributed by atoms with Crippen LogP contribution in [0.15, 0.2) is 22.9 Å². The van der Waals surface area contributed by atoms with E-state index in [2.05, 4.69) is 20.9 Å². The molecule has 0 atom stereocenters. The van der Waals surface area contributed by atoms with E-state index < -0.39 is 0 Å². The molecule has 1 saturated heterocycles. The molecule has 0 saturated carbocycles. The largest absolute Gasteiger partial charge is 0.396 e. The summed E-state index contributed by atoms with van der Waals surface area (Å²) in [5, 5.41) is 9.04. The van der Waals surface area contributed by atoms with Crippen LogP contribution < -0.4 is 0 Å². The molecule has 0 spiro atoms. The third kappa shape index (κ3) is 3.04. The lowest BCUT2D eigenvalue weighted by molar-refractivity contribution is 0.0650. The van der Waals surface area contributed by atoms with Gasteiger partial charge in [-0.15, -0.1) is 0 Å². The first kappa shape index (κ1) is 12.5. The van der Waals surface area contributed by atoms with E-state index in [0.29, 0.717) is 11.5 Å². The van der Waals surface area contributed by atoms with E-state index in [9.17, 15) is 4.79 Å². The van der Waals surface area contributed by atoms with Crippen LogP contribution in [0.3, 0.4) is 0 Å². The van der Waals surface area contributed by atoms with Gasteiger partial charge in [-0.25, -0.2) is 4.98 Å². The number of aliphatic hydroxyl groups is 1. The molecule has 0 aliphatic carbocycles. The van der Waals surface area contributed by atoms with Crippen LogP contribution in [-0.4, -0.2) is 40.6 Å². The van der Waals surface area contributed by atoms with Crippen molar-refractivity contribution in [2.45, 2.75) is 12.8 Å². The summed E-state index contributed by atoms with van der Waals surface area (Å²) >= 11 is 3.24. The number of amides is 1. The van der Waals surface area contributed by atoms with Gasteiger partial charge in [0.25, 0.3) is 5.91 Å². The summed E-state index contributed by atoms with van der Waals surface area (Å²) in [5.74, 6) is 0.378. The van der Waals surface area contributed by atoms with Crippen LogP contribution in [0.5, 0.6) is 0 Å². The molecule has 2 rings (SSSR count). The molecule has 1 aliphatic heterocycles. The Morgan fingerprint density at radius 3 is 2.71 bits per heavy atom. The van der Waals surface area contributed by atoms with Crippen LogP contribution in [0.1, 0.15) is 23.2 Å². The first-order chi connectivity index (χ1) is 8.20. The van der Waals surface area contributed by atoms with E-state index in [1.165, 1.54) is 0 Å². The molecule has 1 aliphatic rings. The fourth-order valence-electron chi connectivity index (χ4n) is 2.00. The fourth-order valence-corrected chi connectivity index (χ4v) is 2.24. The van der Waals surface area contributed by atoms with Crippen LogP contribution in [-0.2, 0) is 0 Å². The van der Waals surface area contributed by atoms with Gasteiger partial charge in [0.05, 0.1) is 5.56 Å². The number of rotatable bonds is 2. The third-order valence-electron chi connectivity index (χ3n) is 3.13. The van der Waals surface area contributed by atoms with Gasteiger partial charge in [-0.3, -0.25) is 4.79 Å². The molecule has 1 fully saturated rings. The van der Waals surface area contributed by atoms with Gasteiger partial charge >= 0.3 is 0 Å². The highest BCUT2D eigenvalue weighted by atomic mass is 79.9. The maximum Gasteiger partial charge on any atom is 0.255 e. The number of hydrogen-bond donors (Lipinski definition) is 1. The van der Waals surface area contributed by atoms with Gasteiger partial charge in [0, 0.05) is 25.9 Å². The predicted molar refractivity (Wildman–Crippen MR) is 67.7 cm³/mol. The Labute approximate surface area is 109 Å². The Morgan fingerprint density at radius 1 is 1.47 bits per heavy atom. The lowest BCUT2D eigenvalue weighted by atomic mass is 9.97. The van der Waals surface area contributed by atoms with Gasteiger partial charge in [0.1, 0.15) is 4.60 Å². The minimum atomic E-state index is 0.0291. The van der Waals surface area contributed by atoms with Crippen LogP contribution in [0.4, 0.5) is 0 Å². The molecule has 2 heterocycles. The Kier molecular flexibility index (Phi) is 4.12. The normalized spacial score (nSPS) is 17.2. The summed E-state index contributed by atoms with van der Waals surface area (Å²) < 4.78 is 0.730. The van der Waals surface area contributed by atoms with Crippen molar-refractivity contribution in [3.05, 3.63) is 28.5 Å². The van der Waals surface area contributed by atoms with Crippen LogP contribution in [0.25, 0.3) is 0 Å². The zero-order chi connectivity index (χ0) is 12.3. The zero-order valence-electron chi connectivity index (χ0n) is 9.47. The zero-order valence-corrected chi connectivity index (χ0v) is 11.1. The van der Waals surface area contributed by atoms with Crippen molar-refractivity contribution in [3.63, 3.8) is 0 Å². The number of piperidine rings is 1. The summed E-state index contributed by atoms with van der Waals surface area (Å²) in [6.07, 6.45) is 3.35. The molecule has 0 bridgehead atoms. The number of hydrogen-bond acceptors (Lipinski definition) is 3. The van der Waals surface area contributed by atoms with Gasteiger partial charge in [-0.05, 0) is 46.8 Å². The van der Waals surface area contributed by atoms with Crippen molar-refractivity contribution < 1.29 is 9.90 Å². The van der Waals surface area contributed by atoms with Crippen molar-refractivity contribution >= 4 is 21.8 Å². The van der Waals surface area contributed by atoms with Gasteiger partial charge in [0.15, 0.2) is 0 Å². The molecule has 0 aromatic carbocycles. The first-order valence-corrected chi connectivity index (χ1v) is 6.51. The third-order valence-corrected chi connectivity index (χ3v) is 3.60. The Balaban J connectivity index is 1.99. The average molecular weight is 299 g/mol.